The molecular weight excluding hydrogens is 235 g/mol. The van der Waals surface area contributed by atoms with Gasteiger partial charge in [-0.25, -0.2) is 0 Å². The predicted molar refractivity (Wildman–Crippen MR) is 53.8 cm³/mol. The van der Waals surface area contributed by atoms with Gasteiger partial charge in [-0.15, -0.1) is 0 Å². The highest BCUT2D eigenvalue weighted by molar-refractivity contribution is 5.61. The van der Waals surface area contributed by atoms with Crippen molar-refractivity contribution in [2.45, 2.75) is 12.7 Å². The standard InChI is InChI=1S/C10H10F3N3O/c1-16-3-2-6(5-16)8-7(4-14)9(15-17-8)10(11,12)13/h2-3,5H,4,14H2,1H3. The molecule has 0 spiro atoms. The average molecular weight is 245 g/mol. The van der Waals surface area contributed by atoms with Gasteiger partial charge in [0, 0.05) is 37.1 Å². The van der Waals surface area contributed by atoms with Crippen LogP contribution in [0.5, 0.6) is 0 Å². The van der Waals surface area contributed by atoms with Crippen molar-refractivity contribution in [1.82, 2.24) is 9.72 Å². The van der Waals surface area contributed by atoms with Crippen molar-refractivity contribution >= 4 is 0 Å². The van der Waals surface area contributed by atoms with Crippen LogP contribution in [0.15, 0.2) is 23.0 Å². The third kappa shape index (κ3) is 2.05. The SMILES string of the molecule is Cn1ccc(-c2onc(C(F)(F)F)c2CN)c1. The van der Waals surface area contributed by atoms with Crippen molar-refractivity contribution < 1.29 is 17.7 Å². The molecular formula is C10H10F3N3O. The zero-order valence-corrected chi connectivity index (χ0v) is 8.95. The molecule has 0 aliphatic heterocycles. The van der Waals surface area contributed by atoms with E-state index in [1.807, 2.05) is 0 Å². The van der Waals surface area contributed by atoms with E-state index in [4.69, 9.17) is 10.3 Å². The molecule has 2 aromatic heterocycles. The van der Waals surface area contributed by atoms with Crippen LogP contribution in [0.25, 0.3) is 11.3 Å². The number of rotatable bonds is 2. The smallest absolute Gasteiger partial charge is 0.357 e. The number of halogens is 3. The largest absolute Gasteiger partial charge is 0.437 e. The molecule has 0 aliphatic carbocycles. The zero-order valence-electron chi connectivity index (χ0n) is 8.95. The van der Waals surface area contributed by atoms with E-state index in [1.165, 1.54) is 0 Å². The molecule has 17 heavy (non-hydrogen) atoms. The molecule has 0 fully saturated rings. The maximum Gasteiger partial charge on any atom is 0.437 e. The maximum atomic E-state index is 12.6. The summed E-state index contributed by atoms with van der Waals surface area (Å²) >= 11 is 0. The van der Waals surface area contributed by atoms with Gasteiger partial charge in [0.2, 0.25) is 0 Å². The summed E-state index contributed by atoms with van der Waals surface area (Å²) in [6.45, 7) is -0.275. The number of hydrogen-bond donors (Lipinski definition) is 1. The second-order valence-corrected chi connectivity index (χ2v) is 3.61. The van der Waals surface area contributed by atoms with Gasteiger partial charge in [0.15, 0.2) is 11.5 Å². The number of nitrogens with zero attached hydrogens (tertiary/aromatic N) is 2. The minimum atomic E-state index is -4.55. The van der Waals surface area contributed by atoms with Gasteiger partial charge in [0.05, 0.1) is 0 Å². The fourth-order valence-corrected chi connectivity index (χ4v) is 1.59. The molecule has 92 valence electrons. The Morgan fingerprint density at radius 3 is 2.65 bits per heavy atom. The van der Waals surface area contributed by atoms with E-state index in [-0.39, 0.29) is 17.9 Å². The van der Waals surface area contributed by atoms with E-state index in [0.29, 0.717) is 5.56 Å². The zero-order chi connectivity index (χ0) is 12.6. The van der Waals surface area contributed by atoms with Crippen LogP contribution in [0, 0.1) is 0 Å². The van der Waals surface area contributed by atoms with E-state index in [2.05, 4.69) is 5.16 Å². The van der Waals surface area contributed by atoms with Gasteiger partial charge < -0.3 is 14.8 Å². The first-order valence-electron chi connectivity index (χ1n) is 4.81. The molecule has 0 aliphatic rings. The third-order valence-corrected chi connectivity index (χ3v) is 2.35. The number of nitrogens with two attached hydrogens (primary N) is 1. The van der Waals surface area contributed by atoms with Crippen molar-refractivity contribution in [2.24, 2.45) is 12.8 Å². The Hall–Kier alpha value is -1.76. The topological polar surface area (TPSA) is 57.0 Å². The van der Waals surface area contributed by atoms with E-state index < -0.39 is 11.9 Å². The highest BCUT2D eigenvalue weighted by Gasteiger charge is 2.39. The van der Waals surface area contributed by atoms with Crippen LogP contribution >= 0.6 is 0 Å². The highest BCUT2D eigenvalue weighted by atomic mass is 19.4. The van der Waals surface area contributed by atoms with Gasteiger partial charge in [-0.3, -0.25) is 0 Å². The van der Waals surface area contributed by atoms with Gasteiger partial charge in [0.25, 0.3) is 0 Å². The van der Waals surface area contributed by atoms with Crippen molar-refractivity contribution in [1.29, 1.82) is 0 Å². The summed E-state index contributed by atoms with van der Waals surface area (Å²) in [5.41, 5.74) is 4.68. The molecule has 2 N–H and O–H groups in total. The first-order chi connectivity index (χ1) is 7.93. The van der Waals surface area contributed by atoms with Crippen LogP contribution in [0.1, 0.15) is 11.3 Å². The molecule has 0 aromatic carbocycles. The summed E-state index contributed by atoms with van der Waals surface area (Å²) in [6, 6.07) is 1.64. The average Bonchev–Trinajstić information content (AvgIpc) is 2.81. The van der Waals surface area contributed by atoms with Gasteiger partial charge in [-0.1, -0.05) is 5.16 Å². The predicted octanol–water partition coefficient (Wildman–Crippen LogP) is 2.16. The second kappa shape index (κ2) is 3.92. The molecule has 4 nitrogen and oxygen atoms in total. The summed E-state index contributed by atoms with van der Waals surface area (Å²) in [5.74, 6) is 0.0698. The Balaban J connectivity index is 2.53. The van der Waals surface area contributed by atoms with Crippen LogP contribution in [0.3, 0.4) is 0 Å². The molecule has 0 saturated heterocycles. The molecule has 2 aromatic rings. The first kappa shape index (κ1) is 11.7. The lowest BCUT2D eigenvalue weighted by molar-refractivity contribution is -0.143. The number of hydrogen-bond acceptors (Lipinski definition) is 3. The van der Waals surface area contributed by atoms with Crippen LogP contribution in [-0.2, 0) is 19.8 Å². The van der Waals surface area contributed by atoms with Crippen LogP contribution in [0.4, 0.5) is 13.2 Å². The molecule has 0 bridgehead atoms. The lowest BCUT2D eigenvalue weighted by Gasteiger charge is -2.03. The molecule has 0 saturated carbocycles. The minimum absolute atomic E-state index is 0.0698. The van der Waals surface area contributed by atoms with Gasteiger partial charge >= 0.3 is 6.18 Å². The number of aromatic nitrogens is 2. The molecule has 0 unspecified atom stereocenters. The van der Waals surface area contributed by atoms with Crippen LogP contribution in [0.2, 0.25) is 0 Å². The minimum Gasteiger partial charge on any atom is -0.357 e. The summed E-state index contributed by atoms with van der Waals surface area (Å²) in [5, 5.41) is 3.05. The maximum absolute atomic E-state index is 12.6. The Morgan fingerprint density at radius 2 is 2.18 bits per heavy atom. The fourth-order valence-electron chi connectivity index (χ4n) is 1.59. The van der Waals surface area contributed by atoms with Crippen LogP contribution in [-0.4, -0.2) is 9.72 Å². The lowest BCUT2D eigenvalue weighted by atomic mass is 10.1. The Kier molecular flexibility index (Phi) is 2.70. The summed E-state index contributed by atoms with van der Waals surface area (Å²) in [4.78, 5) is 0. The Labute approximate surface area is 94.8 Å². The Morgan fingerprint density at radius 1 is 1.47 bits per heavy atom. The molecule has 0 amide bonds. The van der Waals surface area contributed by atoms with E-state index in [9.17, 15) is 13.2 Å². The summed E-state index contributed by atoms with van der Waals surface area (Å²) in [7, 11) is 1.76. The van der Waals surface area contributed by atoms with Gasteiger partial charge in [-0.2, -0.15) is 13.2 Å². The molecule has 2 heterocycles. The van der Waals surface area contributed by atoms with Crippen molar-refractivity contribution in [3.8, 4) is 11.3 Å². The lowest BCUT2D eigenvalue weighted by Crippen LogP contribution is -2.11. The normalized spacial score (nSPS) is 12.1. The summed E-state index contributed by atoms with van der Waals surface area (Å²) < 4.78 is 44.2. The van der Waals surface area contributed by atoms with Crippen molar-refractivity contribution in [2.75, 3.05) is 0 Å². The third-order valence-electron chi connectivity index (χ3n) is 2.35. The van der Waals surface area contributed by atoms with Gasteiger partial charge in [-0.05, 0) is 6.07 Å². The molecule has 7 heteroatoms. The molecule has 0 radical (unpaired) electrons. The van der Waals surface area contributed by atoms with E-state index in [1.54, 1.807) is 30.1 Å². The molecule has 0 atom stereocenters. The van der Waals surface area contributed by atoms with Crippen molar-refractivity contribution in [3.05, 3.63) is 29.7 Å². The Bertz CT molecular complexity index is 527. The van der Waals surface area contributed by atoms with E-state index in [0.717, 1.165) is 0 Å². The van der Waals surface area contributed by atoms with Gasteiger partial charge in [0.1, 0.15) is 0 Å². The first-order valence-corrected chi connectivity index (χ1v) is 4.81. The van der Waals surface area contributed by atoms with Crippen molar-refractivity contribution in [3.63, 3.8) is 0 Å². The second-order valence-electron chi connectivity index (χ2n) is 3.61. The fraction of sp³-hybridized carbons (Fsp3) is 0.300. The number of alkyl halides is 3. The molecule has 2 rings (SSSR count). The monoisotopic (exact) mass is 245 g/mol. The highest BCUT2D eigenvalue weighted by Crippen LogP contribution is 2.36. The quantitative estimate of drug-likeness (QED) is 0.882. The summed E-state index contributed by atoms with van der Waals surface area (Å²) in [6.07, 6.45) is -1.21. The number of aryl methyl sites for hydroxylation is 1. The van der Waals surface area contributed by atoms with Crippen LogP contribution < -0.4 is 5.73 Å². The van der Waals surface area contributed by atoms with E-state index >= 15 is 0 Å².